The highest BCUT2D eigenvalue weighted by atomic mass is 35.5. The van der Waals surface area contributed by atoms with Gasteiger partial charge in [-0.2, -0.15) is 0 Å². The molecule has 130 valence electrons. The molecule has 0 spiro atoms. The lowest BCUT2D eigenvalue weighted by Gasteiger charge is -2.09. The van der Waals surface area contributed by atoms with E-state index in [4.69, 9.17) is 27.9 Å². The maximum atomic E-state index is 6.10. The zero-order valence-corrected chi connectivity index (χ0v) is 15.9. The molecule has 5 nitrogen and oxygen atoms in total. The Morgan fingerprint density at radius 2 is 1.92 bits per heavy atom. The Labute approximate surface area is 160 Å². The van der Waals surface area contributed by atoms with Crippen molar-refractivity contribution in [2.45, 2.75) is 18.6 Å². The number of pyridine rings is 1. The van der Waals surface area contributed by atoms with Crippen molar-refractivity contribution in [3.63, 3.8) is 0 Å². The molecular weight excluding hydrogens is 379 g/mol. The largest absolute Gasteiger partial charge is 0.491 e. The van der Waals surface area contributed by atoms with Crippen LogP contribution in [-0.2, 0) is 6.54 Å². The molecule has 1 aromatic carbocycles. The molecule has 3 rings (SSSR count). The summed E-state index contributed by atoms with van der Waals surface area (Å²) in [7, 11) is 0. The van der Waals surface area contributed by atoms with E-state index in [0.717, 1.165) is 28.8 Å². The van der Waals surface area contributed by atoms with Crippen LogP contribution in [-0.4, -0.2) is 32.1 Å². The first-order valence-electron chi connectivity index (χ1n) is 7.73. The summed E-state index contributed by atoms with van der Waals surface area (Å²) in [6.45, 7) is 3.37. The van der Waals surface area contributed by atoms with Gasteiger partial charge in [0.1, 0.15) is 5.75 Å². The van der Waals surface area contributed by atoms with Gasteiger partial charge in [0.15, 0.2) is 11.0 Å². The van der Waals surface area contributed by atoms with Gasteiger partial charge in [-0.25, -0.2) is 0 Å². The van der Waals surface area contributed by atoms with Gasteiger partial charge < -0.3 is 9.30 Å². The Morgan fingerprint density at radius 3 is 2.64 bits per heavy atom. The Morgan fingerprint density at radius 1 is 1.12 bits per heavy atom. The molecule has 8 heteroatoms. The molecular formula is C17H16Cl2N4OS. The van der Waals surface area contributed by atoms with Crippen molar-refractivity contribution >= 4 is 35.0 Å². The van der Waals surface area contributed by atoms with Gasteiger partial charge in [0, 0.05) is 35.3 Å². The van der Waals surface area contributed by atoms with E-state index in [9.17, 15) is 0 Å². The number of hydrogen-bond acceptors (Lipinski definition) is 5. The fourth-order valence-corrected chi connectivity index (χ4v) is 3.55. The predicted molar refractivity (Wildman–Crippen MR) is 102 cm³/mol. The lowest BCUT2D eigenvalue weighted by atomic mass is 10.2. The van der Waals surface area contributed by atoms with E-state index in [1.54, 1.807) is 42.4 Å². The molecule has 2 heterocycles. The van der Waals surface area contributed by atoms with E-state index in [2.05, 4.69) is 26.7 Å². The number of rotatable bonds is 7. The number of halogens is 2. The van der Waals surface area contributed by atoms with Crippen LogP contribution >= 0.6 is 35.0 Å². The van der Waals surface area contributed by atoms with Crippen LogP contribution in [0.2, 0.25) is 10.0 Å². The highest BCUT2D eigenvalue weighted by Crippen LogP contribution is 2.28. The third kappa shape index (κ3) is 4.45. The molecule has 3 aromatic rings. The highest BCUT2D eigenvalue weighted by Gasteiger charge is 2.13. The van der Waals surface area contributed by atoms with Crippen LogP contribution in [0.5, 0.6) is 5.75 Å². The topological polar surface area (TPSA) is 52.8 Å². The van der Waals surface area contributed by atoms with Crippen LogP contribution in [0.15, 0.2) is 47.9 Å². The van der Waals surface area contributed by atoms with Gasteiger partial charge in [0.05, 0.1) is 11.6 Å². The molecule has 0 atom stereocenters. The van der Waals surface area contributed by atoms with Crippen molar-refractivity contribution in [2.75, 3.05) is 12.4 Å². The maximum Gasteiger partial charge on any atom is 0.191 e. The molecule has 0 unspecified atom stereocenters. The molecule has 0 saturated heterocycles. The van der Waals surface area contributed by atoms with Crippen molar-refractivity contribution in [1.82, 2.24) is 19.7 Å². The Bertz CT molecular complexity index is 842. The lowest BCUT2D eigenvalue weighted by molar-refractivity contribution is 0.344. The van der Waals surface area contributed by atoms with Crippen LogP contribution in [0.3, 0.4) is 0 Å². The molecule has 0 bridgehead atoms. The van der Waals surface area contributed by atoms with Gasteiger partial charge in [-0.1, -0.05) is 35.0 Å². The van der Waals surface area contributed by atoms with E-state index < -0.39 is 0 Å². The molecule has 0 radical (unpaired) electrons. The van der Waals surface area contributed by atoms with Gasteiger partial charge in [0.2, 0.25) is 0 Å². The average Bonchev–Trinajstić information content (AvgIpc) is 3.04. The maximum absolute atomic E-state index is 6.10. The zero-order chi connectivity index (χ0) is 17.6. The first kappa shape index (κ1) is 18.0. The summed E-state index contributed by atoms with van der Waals surface area (Å²) in [4.78, 5) is 4.04. The first-order chi connectivity index (χ1) is 12.2. The molecule has 25 heavy (non-hydrogen) atoms. The van der Waals surface area contributed by atoms with Crippen molar-refractivity contribution < 1.29 is 4.74 Å². The quantitative estimate of drug-likeness (QED) is 0.423. The van der Waals surface area contributed by atoms with Crippen LogP contribution < -0.4 is 4.74 Å². The molecule has 0 fully saturated rings. The van der Waals surface area contributed by atoms with Crippen molar-refractivity contribution in [1.29, 1.82) is 0 Å². The molecule has 0 saturated carbocycles. The summed E-state index contributed by atoms with van der Waals surface area (Å²) in [6, 6.07) is 9.04. The van der Waals surface area contributed by atoms with Crippen LogP contribution in [0.4, 0.5) is 0 Å². The zero-order valence-electron chi connectivity index (χ0n) is 13.5. The van der Waals surface area contributed by atoms with Gasteiger partial charge in [-0.15, -0.1) is 10.2 Å². The van der Waals surface area contributed by atoms with Crippen molar-refractivity contribution in [2.24, 2.45) is 0 Å². The number of benzene rings is 1. The Balaban J connectivity index is 1.61. The minimum absolute atomic E-state index is 0.507. The van der Waals surface area contributed by atoms with Crippen LogP contribution in [0, 0.1) is 0 Å². The van der Waals surface area contributed by atoms with E-state index in [1.165, 1.54) is 0 Å². The first-order valence-corrected chi connectivity index (χ1v) is 9.47. The van der Waals surface area contributed by atoms with Gasteiger partial charge in [0.25, 0.3) is 0 Å². The summed E-state index contributed by atoms with van der Waals surface area (Å²) in [6.07, 6.45) is 3.50. The Kier molecular flexibility index (Phi) is 6.18. The Hall–Kier alpha value is -1.76. The van der Waals surface area contributed by atoms with Crippen LogP contribution in [0.25, 0.3) is 11.4 Å². The highest BCUT2D eigenvalue weighted by molar-refractivity contribution is 7.99. The molecule has 0 amide bonds. The third-order valence-corrected chi connectivity index (χ3v) is 4.90. The summed E-state index contributed by atoms with van der Waals surface area (Å²) in [5, 5.41) is 10.6. The van der Waals surface area contributed by atoms with Crippen molar-refractivity contribution in [3.05, 3.63) is 52.8 Å². The minimum atomic E-state index is 0.507. The average molecular weight is 395 g/mol. The normalized spacial score (nSPS) is 10.8. The molecule has 0 N–H and O–H groups in total. The number of hydrogen-bond donors (Lipinski definition) is 0. The fourth-order valence-electron chi connectivity index (χ4n) is 2.27. The van der Waals surface area contributed by atoms with E-state index in [0.29, 0.717) is 22.4 Å². The monoisotopic (exact) mass is 394 g/mol. The molecule has 0 aliphatic carbocycles. The number of thioether (sulfide) groups is 1. The van der Waals surface area contributed by atoms with Gasteiger partial charge >= 0.3 is 0 Å². The van der Waals surface area contributed by atoms with E-state index >= 15 is 0 Å². The molecule has 2 aromatic heterocycles. The third-order valence-electron chi connectivity index (χ3n) is 3.44. The van der Waals surface area contributed by atoms with E-state index in [1.807, 2.05) is 12.1 Å². The minimum Gasteiger partial charge on any atom is -0.491 e. The second kappa shape index (κ2) is 8.56. The number of ether oxygens (including phenoxy) is 1. The number of aromatic nitrogens is 4. The SMILES string of the molecule is CCn1c(SCCOc2ccc(Cl)cc2Cl)nnc1-c1ccncc1. The summed E-state index contributed by atoms with van der Waals surface area (Å²) >= 11 is 13.6. The second-order valence-corrected chi connectivity index (χ2v) is 6.96. The number of nitrogens with zero attached hydrogens (tertiary/aromatic N) is 4. The summed E-state index contributed by atoms with van der Waals surface area (Å²) in [5.41, 5.74) is 1.00. The standard InChI is InChI=1S/C17H16Cl2N4OS/c1-2-23-16(12-5-7-20-8-6-12)21-22-17(23)25-10-9-24-15-4-3-13(18)11-14(15)19/h3-8,11H,2,9-10H2,1H3. The summed E-state index contributed by atoms with van der Waals surface area (Å²) < 4.78 is 7.78. The smallest absolute Gasteiger partial charge is 0.191 e. The van der Waals surface area contributed by atoms with Crippen molar-refractivity contribution in [3.8, 4) is 17.1 Å². The lowest BCUT2D eigenvalue weighted by Crippen LogP contribution is -2.04. The second-order valence-electron chi connectivity index (χ2n) is 5.06. The van der Waals surface area contributed by atoms with Gasteiger partial charge in [-0.05, 0) is 37.3 Å². The van der Waals surface area contributed by atoms with Crippen LogP contribution in [0.1, 0.15) is 6.92 Å². The predicted octanol–water partition coefficient (Wildman–Crippen LogP) is 4.84. The molecule has 0 aliphatic rings. The van der Waals surface area contributed by atoms with Gasteiger partial charge in [-0.3, -0.25) is 4.98 Å². The molecule has 0 aliphatic heterocycles. The summed E-state index contributed by atoms with van der Waals surface area (Å²) in [5.74, 6) is 2.20. The fraction of sp³-hybridized carbons (Fsp3) is 0.235. The van der Waals surface area contributed by atoms with E-state index in [-0.39, 0.29) is 0 Å².